The van der Waals surface area contributed by atoms with Gasteiger partial charge in [-0.25, -0.2) is 8.42 Å². The summed E-state index contributed by atoms with van der Waals surface area (Å²) in [7, 11) is -3.33. The van der Waals surface area contributed by atoms with Gasteiger partial charge in [0.2, 0.25) is 5.82 Å². The van der Waals surface area contributed by atoms with Gasteiger partial charge in [-0.1, -0.05) is 0 Å². The second-order valence-electron chi connectivity index (χ2n) is 5.15. The van der Waals surface area contributed by atoms with Gasteiger partial charge in [-0.3, -0.25) is 10.1 Å². The molecule has 0 N–H and O–H groups in total. The van der Waals surface area contributed by atoms with E-state index in [0.29, 0.717) is 0 Å². The van der Waals surface area contributed by atoms with Crippen LogP contribution in [0.25, 0.3) is 0 Å². The van der Waals surface area contributed by atoms with Crippen molar-refractivity contribution >= 4 is 15.5 Å². The number of hydrogen-bond donors (Lipinski definition) is 0. The van der Waals surface area contributed by atoms with Crippen LogP contribution in [0.4, 0.5) is 10.1 Å². The Morgan fingerprint density at radius 2 is 1.95 bits per heavy atom. The van der Waals surface area contributed by atoms with Crippen molar-refractivity contribution in [2.75, 3.05) is 12.4 Å². The van der Waals surface area contributed by atoms with E-state index in [1.54, 1.807) is 20.8 Å². The first-order valence-corrected chi connectivity index (χ1v) is 7.49. The fraction of sp³-hybridized carbons (Fsp3) is 0.500. The largest absolute Gasteiger partial charge is 0.492 e. The Labute approximate surface area is 116 Å². The van der Waals surface area contributed by atoms with Gasteiger partial charge in [0.05, 0.1) is 15.4 Å². The van der Waals surface area contributed by atoms with E-state index in [9.17, 15) is 22.9 Å². The van der Waals surface area contributed by atoms with E-state index in [4.69, 9.17) is 4.74 Å². The number of rotatable bonds is 5. The van der Waals surface area contributed by atoms with Crippen LogP contribution < -0.4 is 4.74 Å². The summed E-state index contributed by atoms with van der Waals surface area (Å²) in [4.78, 5) is 9.59. The van der Waals surface area contributed by atoms with Crippen molar-refractivity contribution < 1.29 is 22.5 Å². The van der Waals surface area contributed by atoms with Crippen LogP contribution in [0.1, 0.15) is 20.8 Å². The van der Waals surface area contributed by atoms with Gasteiger partial charge >= 0.3 is 5.69 Å². The first-order valence-electron chi connectivity index (χ1n) is 5.83. The maximum absolute atomic E-state index is 13.3. The fourth-order valence-electron chi connectivity index (χ4n) is 1.30. The molecule has 0 radical (unpaired) electrons. The molecule has 0 saturated carbocycles. The van der Waals surface area contributed by atoms with Gasteiger partial charge in [-0.05, 0) is 26.8 Å². The summed E-state index contributed by atoms with van der Waals surface area (Å²) < 4.78 is 41.1. The molecular formula is C12H16FNO5S. The van der Waals surface area contributed by atoms with Crippen LogP contribution in [-0.2, 0) is 9.84 Å². The van der Waals surface area contributed by atoms with Crippen molar-refractivity contribution in [3.05, 3.63) is 34.1 Å². The van der Waals surface area contributed by atoms with Gasteiger partial charge < -0.3 is 4.74 Å². The monoisotopic (exact) mass is 305 g/mol. The van der Waals surface area contributed by atoms with Gasteiger partial charge in [-0.15, -0.1) is 0 Å². The normalized spacial score (nSPS) is 12.2. The highest BCUT2D eigenvalue weighted by molar-refractivity contribution is 7.92. The van der Waals surface area contributed by atoms with E-state index < -0.39 is 31.0 Å². The Hall–Kier alpha value is -1.70. The lowest BCUT2D eigenvalue weighted by Crippen LogP contribution is -2.32. The summed E-state index contributed by atoms with van der Waals surface area (Å²) in [5, 5.41) is 10.4. The molecule has 1 aromatic rings. The molecule has 0 aromatic heterocycles. The number of hydrogen-bond acceptors (Lipinski definition) is 5. The van der Waals surface area contributed by atoms with Crippen LogP contribution in [0.15, 0.2) is 18.2 Å². The lowest BCUT2D eigenvalue weighted by Gasteiger charge is -2.19. The SMILES string of the molecule is CC(C)(C)S(=O)(=O)CCOc1ccc([N+](=O)[O-])c(F)c1. The Bertz CT molecular complexity index is 607. The van der Waals surface area contributed by atoms with Crippen molar-refractivity contribution in [3.63, 3.8) is 0 Å². The summed E-state index contributed by atoms with van der Waals surface area (Å²) >= 11 is 0. The minimum absolute atomic E-state index is 0.0530. The number of ether oxygens (including phenoxy) is 1. The molecule has 112 valence electrons. The zero-order valence-corrected chi connectivity index (χ0v) is 12.2. The molecule has 0 fully saturated rings. The zero-order chi connectivity index (χ0) is 15.6. The third-order valence-corrected chi connectivity index (χ3v) is 5.24. The Kier molecular flexibility index (Phi) is 4.69. The highest BCUT2D eigenvalue weighted by Gasteiger charge is 2.28. The maximum Gasteiger partial charge on any atom is 0.305 e. The molecular weight excluding hydrogens is 289 g/mol. The standard InChI is InChI=1S/C12H16FNO5S/c1-12(2,3)20(17,18)7-6-19-9-4-5-11(14(15)16)10(13)8-9/h4-5,8H,6-7H2,1-3H3. The molecule has 0 heterocycles. The Morgan fingerprint density at radius 3 is 2.40 bits per heavy atom. The summed E-state index contributed by atoms with van der Waals surface area (Å²) in [6.07, 6.45) is 0. The number of nitro benzene ring substituents is 1. The van der Waals surface area contributed by atoms with E-state index in [1.807, 2.05) is 0 Å². The first-order chi connectivity index (χ1) is 9.04. The summed E-state index contributed by atoms with van der Waals surface area (Å²) in [6.45, 7) is 4.59. The predicted molar refractivity (Wildman–Crippen MR) is 72.1 cm³/mol. The van der Waals surface area contributed by atoms with Gasteiger partial charge in [-0.2, -0.15) is 4.39 Å². The Morgan fingerprint density at radius 1 is 1.35 bits per heavy atom. The van der Waals surface area contributed by atoms with Crippen molar-refractivity contribution in [1.82, 2.24) is 0 Å². The van der Waals surface area contributed by atoms with E-state index in [1.165, 1.54) is 6.07 Å². The lowest BCUT2D eigenvalue weighted by molar-refractivity contribution is -0.387. The molecule has 1 rings (SSSR count). The van der Waals surface area contributed by atoms with E-state index >= 15 is 0 Å². The van der Waals surface area contributed by atoms with Gasteiger partial charge in [0.1, 0.15) is 12.4 Å². The molecule has 1 aromatic carbocycles. The maximum atomic E-state index is 13.3. The molecule has 0 bridgehead atoms. The third-order valence-electron chi connectivity index (χ3n) is 2.67. The lowest BCUT2D eigenvalue weighted by atomic mass is 10.3. The second-order valence-corrected chi connectivity index (χ2v) is 8.01. The number of nitrogens with zero attached hydrogens (tertiary/aromatic N) is 1. The van der Waals surface area contributed by atoms with Crippen LogP contribution in [-0.4, -0.2) is 30.4 Å². The van der Waals surface area contributed by atoms with E-state index in [2.05, 4.69) is 0 Å². The van der Waals surface area contributed by atoms with Gasteiger partial charge in [0.15, 0.2) is 9.84 Å². The predicted octanol–water partition coefficient (Wildman–Crippen LogP) is 2.33. The second kappa shape index (κ2) is 5.74. The van der Waals surface area contributed by atoms with Gasteiger partial charge in [0, 0.05) is 12.1 Å². The van der Waals surface area contributed by atoms with Crippen molar-refractivity contribution in [1.29, 1.82) is 0 Å². The van der Waals surface area contributed by atoms with Crippen LogP contribution in [0.5, 0.6) is 5.75 Å². The topological polar surface area (TPSA) is 86.5 Å². The summed E-state index contributed by atoms with van der Waals surface area (Å²) in [5.74, 6) is -1.18. The Balaban J connectivity index is 2.69. The zero-order valence-electron chi connectivity index (χ0n) is 11.4. The molecule has 8 heteroatoms. The number of nitro groups is 1. The molecule has 0 aliphatic carbocycles. The molecule has 0 saturated heterocycles. The minimum Gasteiger partial charge on any atom is -0.492 e. The summed E-state index contributed by atoms with van der Waals surface area (Å²) in [5.41, 5.74) is -0.653. The molecule has 0 aliphatic rings. The van der Waals surface area contributed by atoms with Gasteiger partial charge in [0.25, 0.3) is 0 Å². The average Bonchev–Trinajstić information content (AvgIpc) is 2.26. The molecule has 0 atom stereocenters. The van der Waals surface area contributed by atoms with Crippen molar-refractivity contribution in [2.45, 2.75) is 25.5 Å². The average molecular weight is 305 g/mol. The third kappa shape index (κ3) is 3.89. The molecule has 6 nitrogen and oxygen atoms in total. The van der Waals surface area contributed by atoms with Crippen LogP contribution >= 0.6 is 0 Å². The van der Waals surface area contributed by atoms with Crippen LogP contribution in [0.3, 0.4) is 0 Å². The van der Waals surface area contributed by atoms with E-state index in [-0.39, 0.29) is 18.1 Å². The molecule has 0 aliphatic heterocycles. The fourth-order valence-corrected chi connectivity index (χ4v) is 2.22. The molecule has 0 unspecified atom stereocenters. The molecule has 20 heavy (non-hydrogen) atoms. The van der Waals surface area contributed by atoms with Crippen molar-refractivity contribution in [2.24, 2.45) is 0 Å². The number of benzene rings is 1. The quantitative estimate of drug-likeness (QED) is 0.615. The smallest absolute Gasteiger partial charge is 0.305 e. The van der Waals surface area contributed by atoms with E-state index in [0.717, 1.165) is 12.1 Å². The number of halogens is 1. The minimum atomic E-state index is -3.33. The summed E-state index contributed by atoms with van der Waals surface area (Å²) in [6, 6.07) is 3.07. The molecule has 0 spiro atoms. The highest BCUT2D eigenvalue weighted by Crippen LogP contribution is 2.22. The van der Waals surface area contributed by atoms with Crippen molar-refractivity contribution in [3.8, 4) is 5.75 Å². The first kappa shape index (κ1) is 16.4. The molecule has 0 amide bonds. The number of sulfone groups is 1. The van der Waals surface area contributed by atoms with Crippen LogP contribution in [0.2, 0.25) is 0 Å². The highest BCUT2D eigenvalue weighted by atomic mass is 32.2. The van der Waals surface area contributed by atoms with Crippen LogP contribution in [0, 0.1) is 15.9 Å².